The van der Waals surface area contributed by atoms with E-state index in [0.29, 0.717) is 6.04 Å². The van der Waals surface area contributed by atoms with Gasteiger partial charge in [0.2, 0.25) is 0 Å². The van der Waals surface area contributed by atoms with Gasteiger partial charge in [-0.1, -0.05) is 0 Å². The van der Waals surface area contributed by atoms with Gasteiger partial charge >= 0.3 is 0 Å². The third-order valence-corrected chi connectivity index (χ3v) is 4.09. The van der Waals surface area contributed by atoms with E-state index in [-0.39, 0.29) is 12.1 Å². The number of hydrogen-bond acceptors (Lipinski definition) is 4. The molecule has 2 N–H and O–H groups in total. The molecule has 0 aromatic carbocycles. The average Bonchev–Trinajstić information content (AvgIpc) is 2.47. The van der Waals surface area contributed by atoms with Crippen LogP contribution in [0.5, 0.6) is 0 Å². The fourth-order valence-corrected chi connectivity index (χ4v) is 2.43. The number of likely N-dealkylation sites (N-methyl/N-ethyl adjacent to an activating group) is 2. The van der Waals surface area contributed by atoms with Crippen molar-refractivity contribution in [3.05, 3.63) is 0 Å². The van der Waals surface area contributed by atoms with Gasteiger partial charge in [0.15, 0.2) is 0 Å². The highest BCUT2D eigenvalue weighted by atomic mass is 16.3. The first-order chi connectivity index (χ1) is 8.00. The van der Waals surface area contributed by atoms with E-state index < -0.39 is 0 Å². The second-order valence-electron chi connectivity index (χ2n) is 5.72. The van der Waals surface area contributed by atoms with Crippen LogP contribution < -0.4 is 5.32 Å². The van der Waals surface area contributed by atoms with Crippen LogP contribution in [0.25, 0.3) is 0 Å². The summed E-state index contributed by atoms with van der Waals surface area (Å²) in [7, 11) is 4.13. The first kappa shape index (κ1) is 14.9. The molecule has 1 aliphatic rings. The lowest BCUT2D eigenvalue weighted by Crippen LogP contribution is -2.47. The molecule has 0 saturated carbocycles. The molecule has 1 saturated heterocycles. The standard InChI is InChI=1S/C13H29N3O/c1-12-10-15(4)7-5-8-16(12)9-6-13(2,11-17)14-3/h12,14,17H,5-11H2,1-4H3. The molecule has 0 aliphatic carbocycles. The second-order valence-corrected chi connectivity index (χ2v) is 5.72. The van der Waals surface area contributed by atoms with Gasteiger partial charge in [-0.15, -0.1) is 0 Å². The van der Waals surface area contributed by atoms with Crippen LogP contribution >= 0.6 is 0 Å². The van der Waals surface area contributed by atoms with Gasteiger partial charge in [0.25, 0.3) is 0 Å². The zero-order valence-corrected chi connectivity index (χ0v) is 11.9. The summed E-state index contributed by atoms with van der Waals surface area (Å²) in [5, 5.41) is 12.6. The number of rotatable bonds is 5. The van der Waals surface area contributed by atoms with Crippen molar-refractivity contribution < 1.29 is 5.11 Å². The Kier molecular flexibility index (Phi) is 5.86. The Labute approximate surface area is 106 Å². The van der Waals surface area contributed by atoms with Gasteiger partial charge in [0, 0.05) is 24.7 Å². The molecule has 17 heavy (non-hydrogen) atoms. The summed E-state index contributed by atoms with van der Waals surface area (Å²) >= 11 is 0. The van der Waals surface area contributed by atoms with Gasteiger partial charge < -0.3 is 15.3 Å². The van der Waals surface area contributed by atoms with Gasteiger partial charge in [0.05, 0.1) is 6.61 Å². The molecule has 0 radical (unpaired) electrons. The predicted molar refractivity (Wildman–Crippen MR) is 72.3 cm³/mol. The molecule has 2 unspecified atom stereocenters. The molecular formula is C13H29N3O. The molecule has 1 heterocycles. The lowest BCUT2D eigenvalue weighted by atomic mass is 9.98. The topological polar surface area (TPSA) is 38.7 Å². The van der Waals surface area contributed by atoms with Crippen LogP contribution in [0.1, 0.15) is 26.7 Å². The van der Waals surface area contributed by atoms with E-state index in [0.717, 1.165) is 19.5 Å². The van der Waals surface area contributed by atoms with E-state index in [9.17, 15) is 5.11 Å². The van der Waals surface area contributed by atoms with Gasteiger partial charge in [-0.2, -0.15) is 0 Å². The molecule has 2 atom stereocenters. The number of hydrogen-bond donors (Lipinski definition) is 2. The molecule has 1 aliphatic heterocycles. The van der Waals surface area contributed by atoms with E-state index >= 15 is 0 Å². The maximum atomic E-state index is 9.39. The van der Waals surface area contributed by atoms with E-state index in [1.807, 2.05) is 7.05 Å². The molecule has 1 fully saturated rings. The summed E-state index contributed by atoms with van der Waals surface area (Å²) in [5.41, 5.74) is -0.141. The fourth-order valence-electron chi connectivity index (χ4n) is 2.43. The maximum Gasteiger partial charge on any atom is 0.0610 e. The third-order valence-electron chi connectivity index (χ3n) is 4.09. The quantitative estimate of drug-likeness (QED) is 0.732. The molecule has 1 rings (SSSR count). The zero-order chi connectivity index (χ0) is 12.9. The molecule has 0 aromatic rings. The number of aliphatic hydroxyl groups excluding tert-OH is 1. The van der Waals surface area contributed by atoms with Crippen molar-refractivity contribution in [2.75, 3.05) is 46.9 Å². The Morgan fingerprint density at radius 2 is 2.12 bits per heavy atom. The number of nitrogens with zero attached hydrogens (tertiary/aromatic N) is 2. The first-order valence-electron chi connectivity index (χ1n) is 6.73. The van der Waals surface area contributed by atoms with Crippen LogP contribution in [0.15, 0.2) is 0 Å². The van der Waals surface area contributed by atoms with Gasteiger partial charge in [0.1, 0.15) is 0 Å². The molecule has 4 heteroatoms. The Bertz CT molecular complexity index is 219. The van der Waals surface area contributed by atoms with Crippen molar-refractivity contribution in [1.82, 2.24) is 15.1 Å². The highest BCUT2D eigenvalue weighted by Gasteiger charge is 2.25. The van der Waals surface area contributed by atoms with Crippen molar-refractivity contribution >= 4 is 0 Å². The van der Waals surface area contributed by atoms with Crippen molar-refractivity contribution in [3.8, 4) is 0 Å². The van der Waals surface area contributed by atoms with Crippen LogP contribution in [-0.2, 0) is 0 Å². The Hall–Kier alpha value is -0.160. The normalized spacial score (nSPS) is 27.7. The van der Waals surface area contributed by atoms with Crippen molar-refractivity contribution in [3.63, 3.8) is 0 Å². The first-order valence-corrected chi connectivity index (χ1v) is 6.73. The molecule has 102 valence electrons. The highest BCUT2D eigenvalue weighted by molar-refractivity contribution is 4.84. The highest BCUT2D eigenvalue weighted by Crippen LogP contribution is 2.13. The Morgan fingerprint density at radius 1 is 1.41 bits per heavy atom. The van der Waals surface area contributed by atoms with Crippen molar-refractivity contribution in [2.45, 2.75) is 38.3 Å². The molecule has 0 bridgehead atoms. The summed E-state index contributed by atoms with van der Waals surface area (Å²) in [4.78, 5) is 4.96. The molecule has 0 amide bonds. The van der Waals surface area contributed by atoms with Gasteiger partial charge in [-0.3, -0.25) is 4.90 Å². The van der Waals surface area contributed by atoms with Crippen LogP contribution in [0.2, 0.25) is 0 Å². The molecular weight excluding hydrogens is 214 g/mol. The zero-order valence-electron chi connectivity index (χ0n) is 11.9. The minimum atomic E-state index is -0.141. The lowest BCUT2D eigenvalue weighted by molar-refractivity contribution is 0.136. The van der Waals surface area contributed by atoms with Crippen LogP contribution in [0.3, 0.4) is 0 Å². The number of nitrogens with one attached hydrogen (secondary N) is 1. The van der Waals surface area contributed by atoms with E-state index in [1.165, 1.54) is 19.5 Å². The number of aliphatic hydroxyl groups is 1. The van der Waals surface area contributed by atoms with Crippen LogP contribution in [-0.4, -0.2) is 73.4 Å². The summed E-state index contributed by atoms with van der Waals surface area (Å²) < 4.78 is 0. The summed E-state index contributed by atoms with van der Waals surface area (Å²) in [5.74, 6) is 0. The second kappa shape index (κ2) is 6.69. The third kappa shape index (κ3) is 4.54. The van der Waals surface area contributed by atoms with E-state index in [2.05, 4.69) is 36.0 Å². The van der Waals surface area contributed by atoms with Gasteiger partial charge in [-0.25, -0.2) is 0 Å². The fraction of sp³-hybridized carbons (Fsp3) is 1.00. The van der Waals surface area contributed by atoms with E-state index in [1.54, 1.807) is 0 Å². The maximum absolute atomic E-state index is 9.39. The molecule has 4 nitrogen and oxygen atoms in total. The summed E-state index contributed by atoms with van der Waals surface area (Å²) in [6.07, 6.45) is 2.24. The van der Waals surface area contributed by atoms with Crippen LogP contribution in [0, 0.1) is 0 Å². The minimum absolute atomic E-state index is 0.141. The SMILES string of the molecule is CNC(C)(CO)CCN1CCCN(C)CC1C. The van der Waals surface area contributed by atoms with Crippen LogP contribution in [0.4, 0.5) is 0 Å². The minimum Gasteiger partial charge on any atom is -0.394 e. The smallest absolute Gasteiger partial charge is 0.0610 e. The largest absolute Gasteiger partial charge is 0.394 e. The molecule has 0 spiro atoms. The summed E-state index contributed by atoms with van der Waals surface area (Å²) in [6.45, 7) is 9.17. The van der Waals surface area contributed by atoms with Gasteiger partial charge in [-0.05, 0) is 53.9 Å². The average molecular weight is 243 g/mol. The Morgan fingerprint density at radius 3 is 2.71 bits per heavy atom. The van der Waals surface area contributed by atoms with Crippen molar-refractivity contribution in [1.29, 1.82) is 0 Å². The van der Waals surface area contributed by atoms with E-state index in [4.69, 9.17) is 0 Å². The predicted octanol–water partition coefficient (Wildman–Crippen LogP) is 0.373. The Balaban J connectivity index is 2.44. The van der Waals surface area contributed by atoms with Crippen molar-refractivity contribution in [2.24, 2.45) is 0 Å². The molecule has 0 aromatic heterocycles. The lowest BCUT2D eigenvalue weighted by Gasteiger charge is -2.33. The summed E-state index contributed by atoms with van der Waals surface area (Å²) in [6, 6.07) is 0.613. The monoisotopic (exact) mass is 243 g/mol.